The Bertz CT molecular complexity index is 891. The number of aromatic nitrogens is 2. The minimum absolute atomic E-state index is 0.0663. The summed E-state index contributed by atoms with van der Waals surface area (Å²) in [6, 6.07) is 11.0. The van der Waals surface area contributed by atoms with Crippen molar-refractivity contribution in [3.05, 3.63) is 47.3 Å². The van der Waals surface area contributed by atoms with Crippen molar-refractivity contribution in [3.63, 3.8) is 0 Å². The molecule has 1 aromatic heterocycles. The van der Waals surface area contributed by atoms with E-state index in [0.717, 1.165) is 49.6 Å². The van der Waals surface area contributed by atoms with Crippen LogP contribution < -0.4 is 10.1 Å². The summed E-state index contributed by atoms with van der Waals surface area (Å²) in [5.41, 5.74) is 3.69. The van der Waals surface area contributed by atoms with E-state index in [2.05, 4.69) is 39.6 Å². The number of nitrogens with one attached hydrogen (secondary N) is 1. The Kier molecular flexibility index (Phi) is 7.19. The van der Waals surface area contributed by atoms with Gasteiger partial charge in [-0.15, -0.1) is 0 Å². The van der Waals surface area contributed by atoms with Crippen molar-refractivity contribution in [2.24, 2.45) is 0 Å². The van der Waals surface area contributed by atoms with E-state index in [1.807, 2.05) is 19.9 Å². The molecule has 1 saturated heterocycles. The monoisotopic (exact) mass is 438 g/mol. The smallest absolute Gasteiger partial charge is 0.241 e. The van der Waals surface area contributed by atoms with E-state index in [-0.39, 0.29) is 17.4 Å². The lowest BCUT2D eigenvalue weighted by Crippen LogP contribution is -2.49. The van der Waals surface area contributed by atoms with Crippen LogP contribution in [0.4, 0.5) is 0 Å². The average molecular weight is 439 g/mol. The molecule has 0 spiro atoms. The lowest BCUT2D eigenvalue weighted by atomic mass is 9.69. The van der Waals surface area contributed by atoms with Crippen LogP contribution in [-0.4, -0.2) is 53.4 Å². The van der Waals surface area contributed by atoms with Gasteiger partial charge in [-0.1, -0.05) is 31.4 Å². The van der Waals surface area contributed by atoms with Crippen LogP contribution in [0.15, 0.2) is 30.3 Å². The molecule has 1 aromatic carbocycles. The van der Waals surface area contributed by atoms with Gasteiger partial charge in [-0.2, -0.15) is 5.10 Å². The molecular formula is C26H38N4O2. The fraction of sp³-hybridized carbons (Fsp3) is 0.615. The Morgan fingerprint density at radius 2 is 1.81 bits per heavy atom. The predicted octanol–water partition coefficient (Wildman–Crippen LogP) is 3.99. The van der Waals surface area contributed by atoms with Gasteiger partial charge in [0.2, 0.25) is 5.91 Å². The van der Waals surface area contributed by atoms with Crippen molar-refractivity contribution in [3.8, 4) is 5.75 Å². The molecule has 2 aliphatic rings. The van der Waals surface area contributed by atoms with Crippen LogP contribution in [0.5, 0.6) is 5.75 Å². The third kappa shape index (κ3) is 5.34. The van der Waals surface area contributed by atoms with Gasteiger partial charge in [0.05, 0.1) is 12.8 Å². The Balaban J connectivity index is 1.32. The topological polar surface area (TPSA) is 59.4 Å². The van der Waals surface area contributed by atoms with Crippen molar-refractivity contribution in [2.75, 3.05) is 26.7 Å². The summed E-state index contributed by atoms with van der Waals surface area (Å²) in [4.78, 5) is 15.2. The normalized spacial score (nSPS) is 19.6. The molecule has 1 amide bonds. The summed E-state index contributed by atoms with van der Waals surface area (Å²) in [5.74, 6) is 0.994. The molecule has 2 aromatic rings. The molecule has 2 heterocycles. The Labute approximate surface area is 192 Å². The van der Waals surface area contributed by atoms with Gasteiger partial charge in [-0.05, 0) is 63.3 Å². The maximum absolute atomic E-state index is 12.5. The third-order valence-electron chi connectivity index (χ3n) is 7.39. The largest absolute Gasteiger partial charge is 0.497 e. The highest BCUT2D eigenvalue weighted by Gasteiger charge is 2.36. The molecule has 0 unspecified atom stereocenters. The summed E-state index contributed by atoms with van der Waals surface area (Å²) >= 11 is 0. The fourth-order valence-electron chi connectivity index (χ4n) is 5.62. The van der Waals surface area contributed by atoms with E-state index in [1.165, 1.54) is 37.7 Å². The first-order valence-electron chi connectivity index (χ1n) is 12.1. The highest BCUT2D eigenvalue weighted by Crippen LogP contribution is 2.41. The first-order valence-corrected chi connectivity index (χ1v) is 12.1. The quantitative estimate of drug-likeness (QED) is 0.710. The third-order valence-corrected chi connectivity index (χ3v) is 7.39. The Morgan fingerprint density at radius 3 is 2.41 bits per heavy atom. The minimum atomic E-state index is 0.0663. The first kappa shape index (κ1) is 22.8. The second-order valence-electron chi connectivity index (χ2n) is 9.77. The van der Waals surface area contributed by atoms with Crippen molar-refractivity contribution < 1.29 is 9.53 Å². The van der Waals surface area contributed by atoms with E-state index in [1.54, 1.807) is 11.8 Å². The number of hydrogen-bond donors (Lipinski definition) is 1. The number of likely N-dealkylation sites (tertiary alicyclic amines) is 1. The fourth-order valence-corrected chi connectivity index (χ4v) is 5.62. The summed E-state index contributed by atoms with van der Waals surface area (Å²) in [6.45, 7) is 7.47. The zero-order chi connectivity index (χ0) is 22.6. The summed E-state index contributed by atoms with van der Waals surface area (Å²) in [6.07, 6.45) is 8.53. The number of amides is 1. The van der Waals surface area contributed by atoms with Gasteiger partial charge in [0.25, 0.3) is 0 Å². The van der Waals surface area contributed by atoms with Crippen LogP contribution in [0.1, 0.15) is 61.9 Å². The first-order chi connectivity index (χ1) is 15.5. The minimum Gasteiger partial charge on any atom is -0.497 e. The maximum Gasteiger partial charge on any atom is 0.241 e. The molecule has 32 heavy (non-hydrogen) atoms. The van der Waals surface area contributed by atoms with Gasteiger partial charge in [-0.3, -0.25) is 9.48 Å². The van der Waals surface area contributed by atoms with Crippen LogP contribution >= 0.6 is 0 Å². The van der Waals surface area contributed by atoms with Gasteiger partial charge in [-0.25, -0.2) is 0 Å². The maximum atomic E-state index is 12.5. The molecule has 0 radical (unpaired) electrons. The molecule has 1 aliphatic heterocycles. The average Bonchev–Trinajstić information content (AvgIpc) is 3.12. The molecule has 1 N–H and O–H groups in total. The molecule has 174 valence electrons. The van der Waals surface area contributed by atoms with E-state index in [4.69, 9.17) is 4.74 Å². The molecule has 0 atom stereocenters. The number of benzene rings is 1. The number of methoxy groups -OCH3 is 1. The molecule has 1 saturated carbocycles. The van der Waals surface area contributed by atoms with Gasteiger partial charge in [0.15, 0.2) is 0 Å². The molecule has 4 rings (SSSR count). The van der Waals surface area contributed by atoms with E-state index >= 15 is 0 Å². The second kappa shape index (κ2) is 10.1. The number of ether oxygens (including phenoxy) is 1. The zero-order valence-electron chi connectivity index (χ0n) is 19.9. The van der Waals surface area contributed by atoms with Crippen molar-refractivity contribution in [1.82, 2.24) is 20.0 Å². The molecule has 6 nitrogen and oxygen atoms in total. The zero-order valence-corrected chi connectivity index (χ0v) is 19.9. The molecule has 6 heteroatoms. The van der Waals surface area contributed by atoms with Gasteiger partial charge < -0.3 is 15.0 Å². The number of piperidine rings is 1. The van der Waals surface area contributed by atoms with Crippen LogP contribution in [0.2, 0.25) is 0 Å². The van der Waals surface area contributed by atoms with Crippen LogP contribution in [-0.2, 0) is 16.8 Å². The number of rotatable bonds is 7. The SMILES string of the molecule is COc1ccc(C2(CN3CCC(NC(=O)Cn4nc(C)cc4C)CC3)CCCCC2)cc1. The van der Waals surface area contributed by atoms with Gasteiger partial charge >= 0.3 is 0 Å². The van der Waals surface area contributed by atoms with Crippen molar-refractivity contribution in [2.45, 2.75) is 76.8 Å². The second-order valence-corrected chi connectivity index (χ2v) is 9.77. The summed E-state index contributed by atoms with van der Waals surface area (Å²) in [7, 11) is 1.73. The summed E-state index contributed by atoms with van der Waals surface area (Å²) < 4.78 is 7.17. The highest BCUT2D eigenvalue weighted by atomic mass is 16.5. The number of carbonyl (C=O) groups is 1. The Hall–Kier alpha value is -2.34. The number of aryl methyl sites for hydroxylation is 2. The van der Waals surface area contributed by atoms with E-state index in [0.29, 0.717) is 6.54 Å². The lowest BCUT2D eigenvalue weighted by Gasteiger charge is -2.44. The van der Waals surface area contributed by atoms with E-state index < -0.39 is 0 Å². The molecular weight excluding hydrogens is 400 g/mol. The van der Waals surface area contributed by atoms with Crippen LogP contribution in [0, 0.1) is 13.8 Å². The predicted molar refractivity (Wildman–Crippen MR) is 127 cm³/mol. The lowest BCUT2D eigenvalue weighted by molar-refractivity contribution is -0.122. The highest BCUT2D eigenvalue weighted by molar-refractivity contribution is 5.76. The molecule has 1 aliphatic carbocycles. The number of hydrogen-bond acceptors (Lipinski definition) is 4. The number of nitrogens with zero attached hydrogens (tertiary/aromatic N) is 3. The summed E-state index contributed by atoms with van der Waals surface area (Å²) in [5, 5.41) is 7.65. The van der Waals surface area contributed by atoms with E-state index in [9.17, 15) is 4.79 Å². The Morgan fingerprint density at radius 1 is 1.12 bits per heavy atom. The number of carbonyl (C=O) groups excluding carboxylic acids is 1. The van der Waals surface area contributed by atoms with Gasteiger partial charge in [0, 0.05) is 36.8 Å². The molecule has 2 fully saturated rings. The van der Waals surface area contributed by atoms with Gasteiger partial charge in [0.1, 0.15) is 12.3 Å². The standard InChI is InChI=1S/C26H38N4O2/c1-20-17-21(2)30(28-20)18-25(31)27-23-11-15-29(16-12-23)19-26(13-5-4-6-14-26)22-7-9-24(32-3)10-8-22/h7-10,17,23H,4-6,11-16,18-19H2,1-3H3,(H,27,31). The van der Waals surface area contributed by atoms with Crippen LogP contribution in [0.25, 0.3) is 0 Å². The van der Waals surface area contributed by atoms with Crippen molar-refractivity contribution >= 4 is 5.91 Å². The van der Waals surface area contributed by atoms with Crippen molar-refractivity contribution in [1.29, 1.82) is 0 Å². The molecule has 0 bridgehead atoms. The van der Waals surface area contributed by atoms with Crippen LogP contribution in [0.3, 0.4) is 0 Å².